The number of benzene rings is 2. The quantitative estimate of drug-likeness (QED) is 0.827. The van der Waals surface area contributed by atoms with Crippen LogP contribution >= 0.6 is 15.9 Å². The Morgan fingerprint density at radius 1 is 1.10 bits per heavy atom. The summed E-state index contributed by atoms with van der Waals surface area (Å²) in [4.78, 5) is 13.6. The van der Waals surface area contributed by atoms with Crippen LogP contribution in [0.25, 0.3) is 0 Å². The first-order valence-electron chi connectivity index (χ1n) is 5.93. The van der Waals surface area contributed by atoms with Crippen LogP contribution in [0.15, 0.2) is 46.9 Å². The molecule has 0 heterocycles. The van der Waals surface area contributed by atoms with Crippen LogP contribution in [0.1, 0.15) is 15.9 Å². The van der Waals surface area contributed by atoms with E-state index in [4.69, 9.17) is 0 Å². The molecule has 0 atom stereocenters. The first-order chi connectivity index (χ1) is 9.50. The van der Waals surface area contributed by atoms with Gasteiger partial charge >= 0.3 is 0 Å². The molecule has 0 aliphatic heterocycles. The van der Waals surface area contributed by atoms with Gasteiger partial charge in [0, 0.05) is 19.2 Å². The van der Waals surface area contributed by atoms with E-state index >= 15 is 0 Å². The molecular formula is C15H12BrF2NO. The number of amides is 1. The van der Waals surface area contributed by atoms with Gasteiger partial charge in [0.2, 0.25) is 0 Å². The minimum absolute atomic E-state index is 0.116. The zero-order valence-corrected chi connectivity index (χ0v) is 12.3. The number of carbonyl (C=O) groups excluding carboxylic acids is 1. The molecule has 0 saturated heterocycles. The van der Waals surface area contributed by atoms with Gasteiger partial charge in [0.25, 0.3) is 5.91 Å². The molecule has 0 radical (unpaired) electrons. The number of hydrogen-bond acceptors (Lipinski definition) is 1. The lowest BCUT2D eigenvalue weighted by Gasteiger charge is -2.18. The van der Waals surface area contributed by atoms with Gasteiger partial charge in [-0.2, -0.15) is 0 Å². The highest BCUT2D eigenvalue weighted by Gasteiger charge is 2.18. The highest BCUT2D eigenvalue weighted by atomic mass is 79.9. The van der Waals surface area contributed by atoms with E-state index in [9.17, 15) is 13.6 Å². The van der Waals surface area contributed by atoms with E-state index in [1.807, 2.05) is 0 Å². The standard InChI is InChI=1S/C15H12BrF2NO/c1-19(9-10-5-2-3-7-12(10)17)15(20)11-6-4-8-13(18)14(11)16/h2-8H,9H2,1H3. The molecule has 0 N–H and O–H groups in total. The minimum atomic E-state index is -0.504. The van der Waals surface area contributed by atoms with Crippen molar-refractivity contribution in [3.63, 3.8) is 0 Å². The van der Waals surface area contributed by atoms with Gasteiger partial charge in [-0.25, -0.2) is 8.78 Å². The maximum absolute atomic E-state index is 13.6. The molecule has 2 nitrogen and oxygen atoms in total. The van der Waals surface area contributed by atoms with Gasteiger partial charge in [0.05, 0.1) is 10.0 Å². The number of carbonyl (C=O) groups is 1. The van der Waals surface area contributed by atoms with Crippen molar-refractivity contribution in [2.24, 2.45) is 0 Å². The molecule has 104 valence electrons. The summed E-state index contributed by atoms with van der Waals surface area (Å²) in [5.41, 5.74) is 0.625. The summed E-state index contributed by atoms with van der Waals surface area (Å²) in [5, 5.41) is 0. The van der Waals surface area contributed by atoms with Crippen molar-refractivity contribution in [1.29, 1.82) is 0 Å². The van der Waals surface area contributed by atoms with Crippen molar-refractivity contribution >= 4 is 21.8 Å². The molecule has 20 heavy (non-hydrogen) atoms. The van der Waals surface area contributed by atoms with Gasteiger partial charge in [-0.05, 0) is 34.1 Å². The normalized spacial score (nSPS) is 10.4. The molecule has 0 spiro atoms. The van der Waals surface area contributed by atoms with E-state index in [1.54, 1.807) is 25.2 Å². The van der Waals surface area contributed by atoms with Gasteiger partial charge in [0.1, 0.15) is 11.6 Å². The summed E-state index contributed by atoms with van der Waals surface area (Å²) in [6.07, 6.45) is 0. The van der Waals surface area contributed by atoms with Crippen LogP contribution in [0.3, 0.4) is 0 Å². The zero-order chi connectivity index (χ0) is 14.7. The largest absolute Gasteiger partial charge is 0.337 e. The second-order valence-electron chi connectivity index (χ2n) is 4.35. The van der Waals surface area contributed by atoms with Crippen LogP contribution in [-0.4, -0.2) is 17.9 Å². The SMILES string of the molecule is CN(Cc1ccccc1F)C(=O)c1cccc(F)c1Br. The lowest BCUT2D eigenvalue weighted by Crippen LogP contribution is -2.27. The Balaban J connectivity index is 2.21. The van der Waals surface area contributed by atoms with Crippen LogP contribution in [0, 0.1) is 11.6 Å². The fraction of sp³-hybridized carbons (Fsp3) is 0.133. The Morgan fingerprint density at radius 3 is 2.45 bits per heavy atom. The summed E-state index contributed by atoms with van der Waals surface area (Å²) < 4.78 is 27.1. The third-order valence-electron chi connectivity index (χ3n) is 2.89. The molecule has 2 rings (SSSR count). The highest BCUT2D eigenvalue weighted by Crippen LogP contribution is 2.22. The lowest BCUT2D eigenvalue weighted by atomic mass is 10.1. The molecular weight excluding hydrogens is 328 g/mol. The molecule has 2 aromatic carbocycles. The Bertz CT molecular complexity index is 646. The van der Waals surface area contributed by atoms with Crippen LogP contribution in [-0.2, 0) is 6.54 Å². The van der Waals surface area contributed by atoms with Crippen molar-refractivity contribution in [3.05, 3.63) is 69.7 Å². The molecule has 1 amide bonds. The van der Waals surface area contributed by atoms with Crippen molar-refractivity contribution < 1.29 is 13.6 Å². The van der Waals surface area contributed by atoms with Crippen molar-refractivity contribution in [2.75, 3.05) is 7.05 Å². The summed E-state index contributed by atoms with van der Waals surface area (Å²) >= 11 is 3.05. The molecule has 0 bridgehead atoms. The smallest absolute Gasteiger partial charge is 0.255 e. The predicted molar refractivity (Wildman–Crippen MR) is 76.3 cm³/mol. The van der Waals surface area contributed by atoms with E-state index in [0.29, 0.717) is 5.56 Å². The maximum atomic E-state index is 13.6. The molecule has 2 aromatic rings. The monoisotopic (exact) mass is 339 g/mol. The molecule has 0 aromatic heterocycles. The van der Waals surface area contributed by atoms with Crippen molar-refractivity contribution in [3.8, 4) is 0 Å². The van der Waals surface area contributed by atoms with Crippen molar-refractivity contribution in [1.82, 2.24) is 4.90 Å². The van der Waals surface area contributed by atoms with Gasteiger partial charge in [-0.3, -0.25) is 4.79 Å². The number of halogens is 3. The third-order valence-corrected chi connectivity index (χ3v) is 3.70. The van der Waals surface area contributed by atoms with Crippen LogP contribution in [0.5, 0.6) is 0 Å². The molecule has 0 unspecified atom stereocenters. The fourth-order valence-electron chi connectivity index (χ4n) is 1.83. The van der Waals surface area contributed by atoms with Gasteiger partial charge in [-0.15, -0.1) is 0 Å². The summed E-state index contributed by atoms with van der Waals surface area (Å²) in [6, 6.07) is 10.5. The average Bonchev–Trinajstić information content (AvgIpc) is 2.43. The van der Waals surface area contributed by atoms with Crippen LogP contribution in [0.2, 0.25) is 0 Å². The van der Waals surface area contributed by atoms with E-state index in [-0.39, 0.29) is 28.3 Å². The Labute approximate surface area is 124 Å². The second-order valence-corrected chi connectivity index (χ2v) is 5.15. The Hall–Kier alpha value is -1.75. The summed E-state index contributed by atoms with van der Waals surface area (Å²) in [5.74, 6) is -1.25. The van der Waals surface area contributed by atoms with E-state index in [0.717, 1.165) is 0 Å². The first-order valence-corrected chi connectivity index (χ1v) is 6.73. The van der Waals surface area contributed by atoms with Gasteiger partial charge < -0.3 is 4.90 Å². The van der Waals surface area contributed by atoms with Gasteiger partial charge in [0.15, 0.2) is 0 Å². The average molecular weight is 340 g/mol. The molecule has 0 saturated carbocycles. The number of nitrogens with zero attached hydrogens (tertiary/aromatic N) is 1. The highest BCUT2D eigenvalue weighted by molar-refractivity contribution is 9.10. The summed E-state index contributed by atoms with van der Waals surface area (Å²) in [6.45, 7) is 0.120. The molecule has 0 fully saturated rings. The molecule has 0 aliphatic rings. The van der Waals surface area contributed by atoms with Crippen LogP contribution < -0.4 is 0 Å². The Morgan fingerprint density at radius 2 is 1.75 bits per heavy atom. The third kappa shape index (κ3) is 3.04. The first kappa shape index (κ1) is 14.7. The zero-order valence-electron chi connectivity index (χ0n) is 10.7. The van der Waals surface area contributed by atoms with E-state index in [2.05, 4.69) is 15.9 Å². The van der Waals surface area contributed by atoms with Gasteiger partial charge in [-0.1, -0.05) is 24.3 Å². The predicted octanol–water partition coefficient (Wildman–Crippen LogP) is 4.00. The second kappa shape index (κ2) is 6.13. The minimum Gasteiger partial charge on any atom is -0.337 e. The molecule has 0 aliphatic carbocycles. The summed E-state index contributed by atoms with van der Waals surface area (Å²) in [7, 11) is 1.55. The van der Waals surface area contributed by atoms with E-state index < -0.39 is 5.82 Å². The number of rotatable bonds is 3. The van der Waals surface area contributed by atoms with E-state index in [1.165, 1.54) is 29.2 Å². The van der Waals surface area contributed by atoms with Crippen LogP contribution in [0.4, 0.5) is 8.78 Å². The Kier molecular flexibility index (Phi) is 4.49. The number of hydrogen-bond donors (Lipinski definition) is 0. The maximum Gasteiger partial charge on any atom is 0.255 e. The fourth-order valence-corrected chi connectivity index (χ4v) is 2.26. The molecule has 5 heteroatoms. The lowest BCUT2D eigenvalue weighted by molar-refractivity contribution is 0.0782. The topological polar surface area (TPSA) is 20.3 Å². The van der Waals surface area contributed by atoms with Crippen molar-refractivity contribution in [2.45, 2.75) is 6.54 Å².